The molecule has 6 nitrogen and oxygen atoms in total. The normalized spacial score (nSPS) is 21.8. The van der Waals surface area contributed by atoms with E-state index < -0.39 is 9.84 Å². The molecule has 2 heterocycles. The van der Waals surface area contributed by atoms with Gasteiger partial charge in [-0.2, -0.15) is 5.10 Å². The van der Waals surface area contributed by atoms with E-state index in [4.69, 9.17) is 4.42 Å². The van der Waals surface area contributed by atoms with E-state index in [1.54, 1.807) is 12.1 Å². The highest BCUT2D eigenvalue weighted by atomic mass is 32.2. The van der Waals surface area contributed by atoms with Crippen molar-refractivity contribution in [2.45, 2.75) is 19.8 Å². The van der Waals surface area contributed by atoms with Crippen LogP contribution in [-0.4, -0.2) is 32.0 Å². The number of furan rings is 1. The van der Waals surface area contributed by atoms with E-state index >= 15 is 0 Å². The number of amides is 1. The number of aryl methyl sites for hydroxylation is 1. The fourth-order valence-corrected chi connectivity index (χ4v) is 3.89. The maximum absolute atomic E-state index is 11.6. The molecule has 1 saturated heterocycles. The Morgan fingerprint density at radius 1 is 1.58 bits per heavy atom. The maximum Gasteiger partial charge on any atom is 0.240 e. The molecule has 0 aromatic carbocycles. The van der Waals surface area contributed by atoms with Gasteiger partial charge in [0.25, 0.3) is 0 Å². The molecule has 1 atom stereocenters. The number of hydrogen-bond acceptors (Lipinski definition) is 5. The summed E-state index contributed by atoms with van der Waals surface area (Å²) in [5.41, 5.74) is 2.37. The van der Waals surface area contributed by atoms with Crippen LogP contribution in [0, 0.1) is 12.8 Å². The number of hydrazone groups is 1. The van der Waals surface area contributed by atoms with Crippen LogP contribution in [0.25, 0.3) is 0 Å². The highest BCUT2D eigenvalue weighted by Crippen LogP contribution is 2.21. The molecule has 2 rings (SSSR count). The fraction of sp³-hybridized carbons (Fsp3) is 0.500. The van der Waals surface area contributed by atoms with E-state index in [1.165, 1.54) is 6.21 Å². The molecule has 104 valence electrons. The van der Waals surface area contributed by atoms with E-state index in [0.29, 0.717) is 12.2 Å². The lowest BCUT2D eigenvalue weighted by Gasteiger charge is -2.04. The van der Waals surface area contributed by atoms with Gasteiger partial charge in [-0.05, 0) is 31.4 Å². The molecule has 1 N–H and O–H groups in total. The third-order valence-electron chi connectivity index (χ3n) is 2.94. The Kier molecular flexibility index (Phi) is 4.04. The lowest BCUT2D eigenvalue weighted by atomic mass is 10.1. The van der Waals surface area contributed by atoms with Crippen molar-refractivity contribution in [2.24, 2.45) is 11.0 Å². The number of sulfone groups is 1. The van der Waals surface area contributed by atoms with Crippen molar-refractivity contribution < 1.29 is 17.6 Å². The third-order valence-corrected chi connectivity index (χ3v) is 4.78. The minimum absolute atomic E-state index is 0.0916. The molecule has 0 spiro atoms. The van der Waals surface area contributed by atoms with Gasteiger partial charge in [0.2, 0.25) is 5.91 Å². The van der Waals surface area contributed by atoms with Crippen LogP contribution in [-0.2, 0) is 14.6 Å². The summed E-state index contributed by atoms with van der Waals surface area (Å²) in [5, 5.41) is 3.77. The van der Waals surface area contributed by atoms with Gasteiger partial charge in [-0.3, -0.25) is 4.79 Å². The molecule has 0 bridgehead atoms. The van der Waals surface area contributed by atoms with Crippen LogP contribution in [0.1, 0.15) is 24.4 Å². The van der Waals surface area contributed by atoms with Crippen molar-refractivity contribution in [1.29, 1.82) is 0 Å². The van der Waals surface area contributed by atoms with Gasteiger partial charge in [-0.25, -0.2) is 13.8 Å². The minimum Gasteiger partial charge on any atom is -0.460 e. The second-order valence-corrected chi connectivity index (χ2v) is 6.94. The Bertz CT molecular complexity index is 589. The van der Waals surface area contributed by atoms with Crippen LogP contribution in [0.4, 0.5) is 0 Å². The lowest BCUT2D eigenvalue weighted by Crippen LogP contribution is -2.21. The average Bonchev–Trinajstić information content (AvgIpc) is 2.85. The maximum atomic E-state index is 11.6. The Labute approximate surface area is 111 Å². The molecule has 0 radical (unpaired) electrons. The molecule has 19 heavy (non-hydrogen) atoms. The molecule has 1 aliphatic heterocycles. The first-order valence-corrected chi connectivity index (χ1v) is 7.85. The van der Waals surface area contributed by atoms with E-state index in [-0.39, 0.29) is 29.8 Å². The topological polar surface area (TPSA) is 88.7 Å². The number of nitrogens with zero attached hydrogens (tertiary/aromatic N) is 1. The van der Waals surface area contributed by atoms with Crippen LogP contribution in [0.2, 0.25) is 0 Å². The van der Waals surface area contributed by atoms with Crippen molar-refractivity contribution >= 4 is 22.0 Å². The lowest BCUT2D eigenvalue weighted by molar-refractivity contribution is -0.121. The number of carbonyl (C=O) groups excluding carboxylic acids is 1. The summed E-state index contributed by atoms with van der Waals surface area (Å²) >= 11 is 0. The van der Waals surface area contributed by atoms with Crippen molar-refractivity contribution in [3.05, 3.63) is 23.7 Å². The van der Waals surface area contributed by atoms with Crippen molar-refractivity contribution in [3.63, 3.8) is 0 Å². The summed E-state index contributed by atoms with van der Waals surface area (Å²) in [6, 6.07) is 3.54. The molecular weight excluding hydrogens is 268 g/mol. The number of nitrogens with one attached hydrogen (secondary N) is 1. The number of rotatable bonds is 4. The standard InChI is InChI=1S/C12H16N2O4S/c1-9-2-3-11(18-9)7-13-14-12(15)6-10-4-5-19(16,17)8-10/h2-3,7,10H,4-6,8H2,1H3,(H,14,15)/b13-7-/t10-/m1/s1. The van der Waals surface area contributed by atoms with E-state index in [1.807, 2.05) is 6.92 Å². The summed E-state index contributed by atoms with van der Waals surface area (Å²) in [6.45, 7) is 1.82. The summed E-state index contributed by atoms with van der Waals surface area (Å²) in [6.07, 6.45) is 2.15. The number of hydrogen-bond donors (Lipinski definition) is 1. The van der Waals surface area contributed by atoms with Crippen LogP contribution < -0.4 is 5.43 Å². The molecule has 0 aliphatic carbocycles. The molecular formula is C12H16N2O4S. The SMILES string of the molecule is Cc1ccc(/C=N\NC(=O)C[C@H]2CCS(=O)(=O)C2)o1. The van der Waals surface area contributed by atoms with Gasteiger partial charge >= 0.3 is 0 Å². The van der Waals surface area contributed by atoms with Gasteiger partial charge in [-0.15, -0.1) is 0 Å². The molecule has 1 amide bonds. The summed E-state index contributed by atoms with van der Waals surface area (Å²) in [7, 11) is -2.94. The highest BCUT2D eigenvalue weighted by Gasteiger charge is 2.29. The predicted molar refractivity (Wildman–Crippen MR) is 70.6 cm³/mol. The Balaban J connectivity index is 1.78. The zero-order valence-electron chi connectivity index (χ0n) is 10.6. The van der Waals surface area contributed by atoms with Crippen LogP contribution >= 0.6 is 0 Å². The van der Waals surface area contributed by atoms with Gasteiger partial charge in [0.1, 0.15) is 11.5 Å². The molecule has 1 aliphatic rings. The average molecular weight is 284 g/mol. The smallest absolute Gasteiger partial charge is 0.240 e. The van der Waals surface area contributed by atoms with Crippen LogP contribution in [0.5, 0.6) is 0 Å². The largest absolute Gasteiger partial charge is 0.460 e. The highest BCUT2D eigenvalue weighted by molar-refractivity contribution is 7.91. The Morgan fingerprint density at radius 2 is 2.37 bits per heavy atom. The van der Waals surface area contributed by atoms with Crippen LogP contribution in [0.3, 0.4) is 0 Å². The predicted octanol–water partition coefficient (Wildman–Crippen LogP) is 0.863. The Hall–Kier alpha value is -1.63. The van der Waals surface area contributed by atoms with E-state index in [0.717, 1.165) is 5.76 Å². The Morgan fingerprint density at radius 3 is 2.95 bits per heavy atom. The molecule has 1 fully saturated rings. The second kappa shape index (κ2) is 5.56. The van der Waals surface area contributed by atoms with Gasteiger partial charge in [0.05, 0.1) is 17.7 Å². The zero-order valence-corrected chi connectivity index (χ0v) is 11.4. The summed E-state index contributed by atoms with van der Waals surface area (Å²) < 4.78 is 27.7. The van der Waals surface area contributed by atoms with Gasteiger partial charge in [-0.1, -0.05) is 0 Å². The minimum atomic E-state index is -2.94. The number of carbonyl (C=O) groups is 1. The van der Waals surface area contributed by atoms with Gasteiger partial charge in [0, 0.05) is 6.42 Å². The summed E-state index contributed by atoms with van der Waals surface area (Å²) in [5.74, 6) is 1.24. The van der Waals surface area contributed by atoms with Crippen molar-refractivity contribution in [2.75, 3.05) is 11.5 Å². The molecule has 1 aromatic heterocycles. The molecule has 0 unspecified atom stereocenters. The van der Waals surface area contributed by atoms with Crippen molar-refractivity contribution in [1.82, 2.24) is 5.43 Å². The van der Waals surface area contributed by atoms with Gasteiger partial charge < -0.3 is 4.42 Å². The van der Waals surface area contributed by atoms with E-state index in [2.05, 4.69) is 10.5 Å². The second-order valence-electron chi connectivity index (χ2n) is 4.71. The molecule has 7 heteroatoms. The van der Waals surface area contributed by atoms with Crippen molar-refractivity contribution in [3.8, 4) is 0 Å². The first kappa shape index (κ1) is 13.8. The molecule has 1 aromatic rings. The quantitative estimate of drug-likeness (QED) is 0.656. The first-order chi connectivity index (χ1) is 8.94. The van der Waals surface area contributed by atoms with Crippen LogP contribution in [0.15, 0.2) is 21.7 Å². The summed E-state index contributed by atoms with van der Waals surface area (Å²) in [4.78, 5) is 11.6. The fourth-order valence-electron chi connectivity index (χ4n) is 2.03. The molecule has 0 saturated carbocycles. The third kappa shape index (κ3) is 4.20. The monoisotopic (exact) mass is 284 g/mol. The van der Waals surface area contributed by atoms with Gasteiger partial charge in [0.15, 0.2) is 9.84 Å². The van der Waals surface area contributed by atoms with E-state index in [9.17, 15) is 13.2 Å². The first-order valence-electron chi connectivity index (χ1n) is 6.03. The zero-order chi connectivity index (χ0) is 13.9.